The van der Waals surface area contributed by atoms with Gasteiger partial charge < -0.3 is 19.3 Å². The molecule has 0 radical (unpaired) electrons. The van der Waals surface area contributed by atoms with Gasteiger partial charge >= 0.3 is 12.1 Å². The first-order chi connectivity index (χ1) is 13.7. The van der Waals surface area contributed by atoms with Crippen molar-refractivity contribution in [3.63, 3.8) is 0 Å². The van der Waals surface area contributed by atoms with Crippen LogP contribution in [-0.2, 0) is 22.1 Å². The van der Waals surface area contributed by atoms with Gasteiger partial charge in [0.1, 0.15) is 23.1 Å². The second kappa shape index (κ2) is 10.3. The number of hydrogen-bond donors (Lipinski definition) is 1. The average molecular weight is 434 g/mol. The number of carboxylic acid groups (broad SMARTS) is 1. The molecule has 0 spiro atoms. The summed E-state index contributed by atoms with van der Waals surface area (Å²) in [5.41, 5.74) is -0.351. The first-order valence-electron chi connectivity index (χ1n) is 8.57. The molecule has 1 aromatic heterocycles. The minimum absolute atomic E-state index is 0.0369. The first-order valence-corrected chi connectivity index (χ1v) is 8.95. The van der Waals surface area contributed by atoms with Crippen LogP contribution in [0.5, 0.6) is 17.4 Å². The van der Waals surface area contributed by atoms with E-state index < -0.39 is 17.7 Å². The van der Waals surface area contributed by atoms with Crippen molar-refractivity contribution in [3.8, 4) is 17.4 Å². The third-order valence-electron chi connectivity index (χ3n) is 3.77. The zero-order valence-corrected chi connectivity index (χ0v) is 16.2. The molecule has 0 bridgehead atoms. The summed E-state index contributed by atoms with van der Waals surface area (Å²) in [7, 11) is 1.53. The van der Waals surface area contributed by atoms with Crippen molar-refractivity contribution in [2.45, 2.75) is 25.4 Å². The first kappa shape index (κ1) is 22.8. The van der Waals surface area contributed by atoms with E-state index in [1.54, 1.807) is 18.2 Å². The minimum atomic E-state index is -4.58. The lowest BCUT2D eigenvalue weighted by Gasteiger charge is -2.14. The topological polar surface area (TPSA) is 77.9 Å². The van der Waals surface area contributed by atoms with Crippen molar-refractivity contribution < 1.29 is 37.3 Å². The Kier molecular flexibility index (Phi) is 8.10. The van der Waals surface area contributed by atoms with Crippen molar-refractivity contribution in [3.05, 3.63) is 46.6 Å². The molecule has 2 rings (SSSR count). The molecule has 0 aliphatic heterocycles. The molecule has 1 heterocycles. The SMILES string of the molecule is COCCOc1ccc(CCCC(=O)O)c(Oc2ncc(C(F)(F)F)cc2Cl)c1. The number of alkyl halides is 3. The summed E-state index contributed by atoms with van der Waals surface area (Å²) in [4.78, 5) is 14.4. The highest BCUT2D eigenvalue weighted by molar-refractivity contribution is 6.31. The number of aliphatic carboxylic acids is 1. The number of methoxy groups -OCH3 is 1. The van der Waals surface area contributed by atoms with Gasteiger partial charge in [0.25, 0.3) is 0 Å². The van der Waals surface area contributed by atoms with Crippen LogP contribution in [0, 0.1) is 0 Å². The Hall–Kier alpha value is -2.52. The lowest BCUT2D eigenvalue weighted by atomic mass is 10.1. The van der Waals surface area contributed by atoms with Crippen molar-refractivity contribution >= 4 is 17.6 Å². The molecule has 10 heteroatoms. The standard InChI is InChI=1S/C19H19ClF3NO5/c1-27-7-8-28-14-6-5-12(3-2-4-17(25)26)16(10-14)29-18-15(20)9-13(11-24-18)19(21,22)23/h5-6,9-11H,2-4,7-8H2,1H3,(H,25,26). The number of benzene rings is 1. The molecule has 0 aliphatic carbocycles. The van der Waals surface area contributed by atoms with Gasteiger partial charge in [-0.05, 0) is 30.5 Å². The van der Waals surface area contributed by atoms with E-state index >= 15 is 0 Å². The van der Waals surface area contributed by atoms with Gasteiger partial charge in [0.05, 0.1) is 12.2 Å². The smallest absolute Gasteiger partial charge is 0.417 e. The van der Waals surface area contributed by atoms with Gasteiger partial charge in [-0.2, -0.15) is 13.2 Å². The van der Waals surface area contributed by atoms with Crippen molar-refractivity contribution in [2.75, 3.05) is 20.3 Å². The number of nitrogens with zero attached hydrogens (tertiary/aromatic N) is 1. The van der Waals surface area contributed by atoms with Gasteiger partial charge in [-0.1, -0.05) is 17.7 Å². The molecule has 158 valence electrons. The van der Waals surface area contributed by atoms with Gasteiger partial charge in [-0.25, -0.2) is 4.98 Å². The predicted octanol–water partition coefficient (Wildman–Crippen LogP) is 4.98. The van der Waals surface area contributed by atoms with Crippen molar-refractivity contribution in [2.24, 2.45) is 0 Å². The van der Waals surface area contributed by atoms with Crippen LogP contribution in [0.1, 0.15) is 24.0 Å². The predicted molar refractivity (Wildman–Crippen MR) is 98.7 cm³/mol. The number of carboxylic acids is 1. The summed E-state index contributed by atoms with van der Waals surface area (Å²) in [6, 6.07) is 5.64. The summed E-state index contributed by atoms with van der Waals surface area (Å²) in [6.07, 6.45) is -3.26. The fraction of sp³-hybridized carbons (Fsp3) is 0.368. The lowest BCUT2D eigenvalue weighted by molar-refractivity contribution is -0.138. The van der Waals surface area contributed by atoms with Crippen LogP contribution in [-0.4, -0.2) is 36.4 Å². The van der Waals surface area contributed by atoms with Crippen LogP contribution in [0.3, 0.4) is 0 Å². The van der Waals surface area contributed by atoms with E-state index in [9.17, 15) is 18.0 Å². The molecule has 29 heavy (non-hydrogen) atoms. The Morgan fingerprint density at radius 2 is 2.00 bits per heavy atom. The van der Waals surface area contributed by atoms with Gasteiger partial charge in [-0.3, -0.25) is 4.79 Å². The molecule has 0 aliphatic rings. The third kappa shape index (κ3) is 7.10. The maximum absolute atomic E-state index is 12.8. The molecular formula is C19H19ClF3NO5. The number of halogens is 4. The highest BCUT2D eigenvalue weighted by Gasteiger charge is 2.32. The molecule has 0 unspecified atom stereocenters. The molecule has 0 saturated carbocycles. The number of aromatic nitrogens is 1. The molecule has 0 fully saturated rings. The van der Waals surface area contributed by atoms with Crippen molar-refractivity contribution in [1.82, 2.24) is 4.98 Å². The van der Waals surface area contributed by atoms with E-state index in [0.717, 1.165) is 6.07 Å². The molecule has 0 saturated heterocycles. The molecular weight excluding hydrogens is 415 g/mol. The highest BCUT2D eigenvalue weighted by atomic mass is 35.5. The van der Waals surface area contributed by atoms with E-state index in [1.165, 1.54) is 7.11 Å². The zero-order chi connectivity index (χ0) is 21.4. The normalized spacial score (nSPS) is 11.3. The average Bonchev–Trinajstić information content (AvgIpc) is 2.64. The fourth-order valence-corrected chi connectivity index (χ4v) is 2.56. The monoisotopic (exact) mass is 433 g/mol. The number of hydrogen-bond acceptors (Lipinski definition) is 5. The van der Waals surface area contributed by atoms with E-state index in [-0.39, 0.29) is 29.7 Å². The van der Waals surface area contributed by atoms with Gasteiger partial charge in [0, 0.05) is 25.8 Å². The number of ether oxygens (including phenoxy) is 3. The second-order valence-electron chi connectivity index (χ2n) is 5.97. The Morgan fingerprint density at radius 1 is 1.24 bits per heavy atom. The van der Waals surface area contributed by atoms with E-state index in [4.69, 9.17) is 30.9 Å². The van der Waals surface area contributed by atoms with Crippen LogP contribution >= 0.6 is 11.6 Å². The molecule has 1 N–H and O–H groups in total. The number of aryl methyl sites for hydroxylation is 1. The Balaban J connectivity index is 2.26. The minimum Gasteiger partial charge on any atom is -0.491 e. The fourth-order valence-electron chi connectivity index (χ4n) is 2.36. The Bertz CT molecular complexity index is 845. The molecule has 0 amide bonds. The van der Waals surface area contributed by atoms with Gasteiger partial charge in [0.2, 0.25) is 5.88 Å². The van der Waals surface area contributed by atoms with E-state index in [2.05, 4.69) is 4.98 Å². The van der Waals surface area contributed by atoms with Crippen LogP contribution in [0.25, 0.3) is 0 Å². The maximum atomic E-state index is 12.8. The molecule has 2 aromatic rings. The quantitative estimate of drug-likeness (QED) is 0.532. The van der Waals surface area contributed by atoms with Gasteiger partial charge in [0.15, 0.2) is 0 Å². The molecule has 6 nitrogen and oxygen atoms in total. The summed E-state index contributed by atoms with van der Waals surface area (Å²) >= 11 is 5.91. The number of pyridine rings is 1. The van der Waals surface area contributed by atoms with Crippen molar-refractivity contribution in [1.29, 1.82) is 0 Å². The van der Waals surface area contributed by atoms with Crippen LogP contribution in [0.4, 0.5) is 13.2 Å². The molecule has 0 atom stereocenters. The third-order valence-corrected chi connectivity index (χ3v) is 4.04. The Labute approximate surface area is 170 Å². The number of rotatable bonds is 10. The van der Waals surface area contributed by atoms with Crippen LogP contribution in [0.15, 0.2) is 30.5 Å². The zero-order valence-electron chi connectivity index (χ0n) is 15.5. The van der Waals surface area contributed by atoms with Crippen LogP contribution in [0.2, 0.25) is 5.02 Å². The van der Waals surface area contributed by atoms with Crippen LogP contribution < -0.4 is 9.47 Å². The summed E-state index contributed by atoms with van der Waals surface area (Å²) in [6.45, 7) is 0.649. The van der Waals surface area contributed by atoms with Gasteiger partial charge in [-0.15, -0.1) is 0 Å². The second-order valence-corrected chi connectivity index (χ2v) is 6.38. The maximum Gasteiger partial charge on any atom is 0.417 e. The van der Waals surface area contributed by atoms with E-state index in [0.29, 0.717) is 37.0 Å². The summed E-state index contributed by atoms with van der Waals surface area (Å²) in [5, 5.41) is 8.50. The number of carbonyl (C=O) groups is 1. The highest BCUT2D eigenvalue weighted by Crippen LogP contribution is 2.36. The van der Waals surface area contributed by atoms with E-state index in [1.807, 2.05) is 0 Å². The largest absolute Gasteiger partial charge is 0.491 e. The molecule has 1 aromatic carbocycles. The lowest BCUT2D eigenvalue weighted by Crippen LogP contribution is -2.06. The Morgan fingerprint density at radius 3 is 2.62 bits per heavy atom. The summed E-state index contributed by atoms with van der Waals surface area (Å²) in [5.74, 6) is -0.422. The summed E-state index contributed by atoms with van der Waals surface area (Å²) < 4.78 is 54.4.